The van der Waals surface area contributed by atoms with Gasteiger partial charge in [0.05, 0.1) is 29.3 Å². The highest BCUT2D eigenvalue weighted by atomic mass is 19.4. The molecule has 3 fully saturated rings. The van der Waals surface area contributed by atoms with Crippen LogP contribution in [0, 0.1) is 10.8 Å². The summed E-state index contributed by atoms with van der Waals surface area (Å²) < 4.78 is 84.0. The van der Waals surface area contributed by atoms with Gasteiger partial charge in [-0.25, -0.2) is 4.79 Å². The van der Waals surface area contributed by atoms with Gasteiger partial charge in [0, 0.05) is 6.54 Å². The number of aliphatic hydroxyl groups is 2. The van der Waals surface area contributed by atoms with Crippen LogP contribution < -0.4 is 16.0 Å². The van der Waals surface area contributed by atoms with Crippen LogP contribution in [-0.4, -0.2) is 69.7 Å². The highest BCUT2D eigenvalue weighted by Crippen LogP contribution is 2.43. The number of guanidine groups is 2. The number of nitrogens with zero attached hydrogens (tertiary/aromatic N) is 1. The van der Waals surface area contributed by atoms with Crippen LogP contribution in [0.2, 0.25) is 0 Å². The minimum absolute atomic E-state index is 0.0282. The Labute approximate surface area is 180 Å². The Hall–Kier alpha value is -3.27. The number of alkyl halides is 6. The molecule has 1 aromatic rings. The molecule has 0 aromatic heterocycles. The molecule has 10 nitrogen and oxygen atoms in total. The van der Waals surface area contributed by atoms with E-state index in [1.807, 2.05) is 0 Å². The molecule has 0 aliphatic carbocycles. The van der Waals surface area contributed by atoms with Gasteiger partial charge in [-0.15, -0.1) is 0 Å². The highest BCUT2D eigenvalue weighted by molar-refractivity contribution is 5.92. The van der Waals surface area contributed by atoms with Gasteiger partial charge in [0.2, 0.25) is 5.79 Å². The van der Waals surface area contributed by atoms with Gasteiger partial charge in [0.25, 0.3) is 0 Å². The van der Waals surface area contributed by atoms with Crippen LogP contribution in [0.4, 0.5) is 26.3 Å². The fourth-order valence-electron chi connectivity index (χ4n) is 4.29. The van der Waals surface area contributed by atoms with Gasteiger partial charge in [-0.1, -0.05) is 0 Å². The lowest BCUT2D eigenvalue weighted by molar-refractivity contribution is -0.256. The first-order valence-electron chi connectivity index (χ1n) is 9.26. The molecule has 33 heavy (non-hydrogen) atoms. The van der Waals surface area contributed by atoms with Crippen LogP contribution in [-0.2, 0) is 17.1 Å². The zero-order chi connectivity index (χ0) is 24.6. The summed E-state index contributed by atoms with van der Waals surface area (Å²) in [6, 6.07) is -0.731. The average molecular weight is 482 g/mol. The van der Waals surface area contributed by atoms with Crippen LogP contribution in [0.5, 0.6) is 0 Å². The fraction of sp³-hybridized carbons (Fsp3) is 0.471. The summed E-state index contributed by atoms with van der Waals surface area (Å²) in [5.74, 6) is -5.66. The van der Waals surface area contributed by atoms with Crippen LogP contribution in [0.1, 0.15) is 21.5 Å². The molecule has 0 amide bonds. The van der Waals surface area contributed by atoms with E-state index >= 15 is 0 Å². The Balaban J connectivity index is 1.71. The predicted molar refractivity (Wildman–Crippen MR) is 95.8 cm³/mol. The molecule has 2 unspecified atom stereocenters. The number of esters is 1. The fourth-order valence-corrected chi connectivity index (χ4v) is 4.29. The number of benzene rings is 1. The third-order valence-corrected chi connectivity index (χ3v) is 5.79. The van der Waals surface area contributed by atoms with E-state index in [9.17, 15) is 41.4 Å². The number of ether oxygens (including phenoxy) is 1. The summed E-state index contributed by atoms with van der Waals surface area (Å²) in [6.45, 7) is -0.691. The lowest BCUT2D eigenvalue weighted by Gasteiger charge is -2.47. The standard InChI is InChI=1S/C17H16F6N6O4/c18-16(19,20)6-1-2-8(17(21,22)23)7(3-6)11(30)33-10-5-29-13(25)26-4-9-14(29,15(10,31)32)28-12(24)27-9/h1-3,9-10,31-32H,4-5H2,(H2,25,26)(H3,24,27,28)/t9?,10-,14?/m0/s1. The quantitative estimate of drug-likeness (QED) is 0.176. The van der Waals surface area contributed by atoms with E-state index in [2.05, 4.69) is 16.0 Å². The van der Waals surface area contributed by atoms with Crippen molar-refractivity contribution in [3.8, 4) is 0 Å². The molecule has 0 bridgehead atoms. The van der Waals surface area contributed by atoms with Crippen molar-refractivity contribution in [1.82, 2.24) is 20.9 Å². The normalized spacial score (nSPS) is 28.4. The van der Waals surface area contributed by atoms with Crippen LogP contribution in [0.15, 0.2) is 18.2 Å². The second-order valence-electron chi connectivity index (χ2n) is 7.68. The van der Waals surface area contributed by atoms with Crippen LogP contribution in [0.3, 0.4) is 0 Å². The molecule has 3 heterocycles. The van der Waals surface area contributed by atoms with E-state index in [0.29, 0.717) is 0 Å². The number of nitrogens with one attached hydrogen (secondary N) is 5. The third-order valence-electron chi connectivity index (χ3n) is 5.79. The Bertz CT molecular complexity index is 1040. The van der Waals surface area contributed by atoms with Crippen molar-refractivity contribution in [1.29, 1.82) is 10.8 Å². The van der Waals surface area contributed by atoms with Gasteiger partial charge >= 0.3 is 18.3 Å². The molecule has 16 heteroatoms. The van der Waals surface area contributed by atoms with E-state index in [0.717, 1.165) is 4.90 Å². The maximum atomic E-state index is 13.3. The molecule has 0 saturated carbocycles. The third kappa shape index (κ3) is 3.31. The van der Waals surface area contributed by atoms with E-state index in [1.165, 1.54) is 0 Å². The topological polar surface area (TPSA) is 154 Å². The van der Waals surface area contributed by atoms with Crippen molar-refractivity contribution in [3.05, 3.63) is 34.9 Å². The van der Waals surface area contributed by atoms with E-state index < -0.39 is 65.2 Å². The summed E-state index contributed by atoms with van der Waals surface area (Å²) in [5.41, 5.74) is -6.71. The minimum atomic E-state index is -5.21. The smallest absolute Gasteiger partial charge is 0.417 e. The van der Waals surface area contributed by atoms with Gasteiger partial charge in [0.15, 0.2) is 23.7 Å². The highest BCUT2D eigenvalue weighted by Gasteiger charge is 2.73. The lowest BCUT2D eigenvalue weighted by atomic mass is 9.90. The van der Waals surface area contributed by atoms with Gasteiger partial charge in [-0.2, -0.15) is 26.3 Å². The zero-order valence-corrected chi connectivity index (χ0v) is 16.2. The average Bonchev–Trinajstić information content (AvgIpc) is 3.15. The van der Waals surface area contributed by atoms with Gasteiger partial charge < -0.3 is 35.8 Å². The first-order chi connectivity index (χ1) is 15.1. The Morgan fingerprint density at radius 1 is 1.15 bits per heavy atom. The molecule has 180 valence electrons. The maximum absolute atomic E-state index is 13.3. The minimum Gasteiger partial charge on any atom is -0.451 e. The monoisotopic (exact) mass is 482 g/mol. The molecule has 3 atom stereocenters. The lowest BCUT2D eigenvalue weighted by Crippen LogP contribution is -2.78. The number of hydrogen-bond donors (Lipinski definition) is 7. The molecule has 1 spiro atoms. The summed E-state index contributed by atoms with van der Waals surface area (Å²) in [5, 5.41) is 45.1. The molecular weight excluding hydrogens is 466 g/mol. The van der Waals surface area contributed by atoms with Crippen molar-refractivity contribution in [2.45, 2.75) is 35.9 Å². The number of hydrogen-bond acceptors (Lipinski definition) is 6. The largest absolute Gasteiger partial charge is 0.451 e. The van der Waals surface area contributed by atoms with Crippen molar-refractivity contribution >= 4 is 17.9 Å². The summed E-state index contributed by atoms with van der Waals surface area (Å²) >= 11 is 0. The van der Waals surface area contributed by atoms with E-state index in [4.69, 9.17) is 15.6 Å². The van der Waals surface area contributed by atoms with Gasteiger partial charge in [-0.3, -0.25) is 10.8 Å². The van der Waals surface area contributed by atoms with Crippen molar-refractivity contribution in [2.75, 3.05) is 13.1 Å². The van der Waals surface area contributed by atoms with Gasteiger partial charge in [0.1, 0.15) is 0 Å². The number of rotatable bonds is 2. The zero-order valence-electron chi connectivity index (χ0n) is 16.2. The van der Waals surface area contributed by atoms with Crippen molar-refractivity contribution < 1.29 is 46.1 Å². The second-order valence-corrected chi connectivity index (χ2v) is 7.68. The Kier molecular flexibility index (Phi) is 4.77. The number of carbonyl (C=O) groups excluding carboxylic acids is 1. The summed E-state index contributed by atoms with van der Waals surface area (Å²) in [4.78, 5) is 13.6. The first-order valence-corrected chi connectivity index (χ1v) is 9.26. The van der Waals surface area contributed by atoms with Crippen LogP contribution in [0.25, 0.3) is 0 Å². The Morgan fingerprint density at radius 3 is 2.42 bits per heavy atom. The maximum Gasteiger partial charge on any atom is 0.417 e. The summed E-state index contributed by atoms with van der Waals surface area (Å²) in [7, 11) is 0. The predicted octanol–water partition coefficient (Wildman–Crippen LogP) is -0.0235. The van der Waals surface area contributed by atoms with Crippen molar-refractivity contribution in [3.63, 3.8) is 0 Å². The molecule has 7 N–H and O–H groups in total. The van der Waals surface area contributed by atoms with Crippen molar-refractivity contribution in [2.24, 2.45) is 0 Å². The molecule has 1 aromatic carbocycles. The molecule has 3 aliphatic heterocycles. The molecular formula is C17H16F6N6O4. The Morgan fingerprint density at radius 2 is 1.82 bits per heavy atom. The molecule has 4 rings (SSSR count). The molecule has 3 saturated heterocycles. The SMILES string of the molecule is N=C1NC2CNC(=N)N3C[C@H](OC(=O)c4cc(C(F)(F)F)ccc4C(F)(F)F)C(O)(O)C23N1. The van der Waals surface area contributed by atoms with E-state index in [1.54, 1.807) is 0 Å². The van der Waals surface area contributed by atoms with E-state index in [-0.39, 0.29) is 36.7 Å². The molecule has 0 radical (unpaired) electrons. The first kappa shape index (κ1) is 22.9. The van der Waals surface area contributed by atoms with Crippen LogP contribution >= 0.6 is 0 Å². The molecule has 3 aliphatic rings. The number of carbonyl (C=O) groups is 1. The number of halogens is 6. The summed E-state index contributed by atoms with van der Waals surface area (Å²) in [6.07, 6.45) is -12.3. The second kappa shape index (κ2) is 6.86. The van der Waals surface area contributed by atoms with Gasteiger partial charge in [-0.05, 0) is 18.2 Å².